The average molecular weight is 460 g/mol. The van der Waals surface area contributed by atoms with E-state index in [0.29, 0.717) is 18.1 Å². The van der Waals surface area contributed by atoms with Crippen molar-refractivity contribution in [3.8, 4) is 22.4 Å². The van der Waals surface area contributed by atoms with Crippen LogP contribution < -0.4 is 10.8 Å². The first kappa shape index (κ1) is 21.6. The lowest BCUT2D eigenvalue weighted by Crippen LogP contribution is -2.34. The monoisotopic (exact) mass is 459 g/mol. The third kappa shape index (κ3) is 3.98. The van der Waals surface area contributed by atoms with E-state index in [0.717, 1.165) is 59.3 Å². The van der Waals surface area contributed by atoms with E-state index in [1.807, 2.05) is 18.5 Å². The number of nitrogens with one attached hydrogen (secondary N) is 2. The van der Waals surface area contributed by atoms with Crippen molar-refractivity contribution in [2.75, 3.05) is 13.1 Å². The van der Waals surface area contributed by atoms with Gasteiger partial charge in [-0.15, -0.1) is 0 Å². The maximum Gasteiger partial charge on any atom is 0.146 e. The van der Waals surface area contributed by atoms with Crippen molar-refractivity contribution in [3.63, 3.8) is 0 Å². The van der Waals surface area contributed by atoms with Crippen LogP contribution in [0.1, 0.15) is 24.4 Å². The summed E-state index contributed by atoms with van der Waals surface area (Å²) in [5.41, 5.74) is 7.06. The predicted molar refractivity (Wildman–Crippen MR) is 141 cm³/mol. The van der Waals surface area contributed by atoms with Crippen LogP contribution in [0, 0.1) is 5.41 Å². The zero-order valence-corrected chi connectivity index (χ0v) is 19.7. The summed E-state index contributed by atoms with van der Waals surface area (Å²) in [6.45, 7) is 2.65. The molecule has 2 aromatic heterocycles. The van der Waals surface area contributed by atoms with E-state index in [2.05, 4.69) is 93.3 Å². The Morgan fingerprint density at radius 3 is 2.06 bits per heavy atom. The van der Waals surface area contributed by atoms with E-state index in [1.165, 1.54) is 5.56 Å². The van der Waals surface area contributed by atoms with Gasteiger partial charge in [-0.25, -0.2) is 4.98 Å². The third-order valence-electron chi connectivity index (χ3n) is 7.03. The van der Waals surface area contributed by atoms with Gasteiger partial charge in [0.1, 0.15) is 11.1 Å². The second-order valence-corrected chi connectivity index (χ2v) is 9.21. The van der Waals surface area contributed by atoms with E-state index < -0.39 is 0 Å². The number of hydrogen-bond donors (Lipinski definition) is 2. The fourth-order valence-corrected chi connectivity index (χ4v) is 5.33. The highest BCUT2D eigenvalue weighted by Crippen LogP contribution is 2.39. The van der Waals surface area contributed by atoms with Gasteiger partial charge in [0.05, 0.1) is 17.4 Å². The van der Waals surface area contributed by atoms with Crippen molar-refractivity contribution in [3.05, 3.63) is 108 Å². The highest BCUT2D eigenvalue weighted by Gasteiger charge is 2.25. The van der Waals surface area contributed by atoms with Crippen LogP contribution in [0.3, 0.4) is 0 Å². The van der Waals surface area contributed by atoms with Gasteiger partial charge in [-0.3, -0.25) is 5.41 Å². The molecule has 0 atom stereocenters. The van der Waals surface area contributed by atoms with Crippen molar-refractivity contribution in [1.29, 1.82) is 5.41 Å². The van der Waals surface area contributed by atoms with E-state index >= 15 is 0 Å². The van der Waals surface area contributed by atoms with Gasteiger partial charge in [0.15, 0.2) is 0 Å². The highest BCUT2D eigenvalue weighted by atomic mass is 15.1. The van der Waals surface area contributed by atoms with Crippen LogP contribution in [-0.4, -0.2) is 27.2 Å². The van der Waals surface area contributed by atoms with E-state index in [-0.39, 0.29) is 0 Å². The summed E-state index contributed by atoms with van der Waals surface area (Å²) < 4.78 is 4.39. The van der Waals surface area contributed by atoms with Gasteiger partial charge in [-0.05, 0) is 42.6 Å². The molecule has 5 heteroatoms. The van der Waals surface area contributed by atoms with Crippen LogP contribution >= 0.6 is 0 Å². The molecule has 0 bridgehead atoms. The molecule has 0 amide bonds. The van der Waals surface area contributed by atoms with E-state index in [9.17, 15) is 5.41 Å². The number of benzene rings is 3. The Morgan fingerprint density at radius 2 is 1.40 bits per heavy atom. The first-order chi connectivity index (χ1) is 17.3. The average Bonchev–Trinajstić information content (AvgIpc) is 3.26. The third-order valence-corrected chi connectivity index (χ3v) is 7.03. The summed E-state index contributed by atoms with van der Waals surface area (Å²) >= 11 is 0. The second kappa shape index (κ2) is 9.35. The first-order valence-corrected chi connectivity index (χ1v) is 12.3. The van der Waals surface area contributed by atoms with Crippen LogP contribution in [0.25, 0.3) is 33.4 Å². The maximum atomic E-state index is 9.41. The molecule has 2 N–H and O–H groups in total. The minimum absolute atomic E-state index is 0.293. The van der Waals surface area contributed by atoms with Gasteiger partial charge in [0.2, 0.25) is 0 Å². The molecule has 3 aromatic carbocycles. The van der Waals surface area contributed by atoms with Gasteiger partial charge in [-0.1, -0.05) is 91.0 Å². The molecule has 5 aromatic rings. The molecular formula is C30H29N5. The normalized spacial score (nSPS) is 14.4. The highest BCUT2D eigenvalue weighted by molar-refractivity contribution is 6.02. The molecular weight excluding hydrogens is 430 g/mol. The summed E-state index contributed by atoms with van der Waals surface area (Å²) in [7, 11) is 0. The lowest BCUT2D eigenvalue weighted by atomic mass is 9.99. The number of fused-ring (bicyclic) bond motifs is 1. The lowest BCUT2D eigenvalue weighted by Gasteiger charge is -2.25. The van der Waals surface area contributed by atoms with Crippen LogP contribution in [0.5, 0.6) is 0 Å². The summed E-state index contributed by atoms with van der Waals surface area (Å²) in [6, 6.07) is 31.8. The summed E-state index contributed by atoms with van der Waals surface area (Å²) in [5.74, 6) is 0. The zero-order valence-electron chi connectivity index (χ0n) is 19.7. The number of aromatic nitrogens is 3. The lowest BCUT2D eigenvalue weighted by molar-refractivity contribution is 0.356. The standard InChI is InChI=1S/C30H29N5/c31-29-27-26(23-12-6-2-7-13-23)28(24-14-8-3-9-15-24)34(20-22-10-4-1-5-11-22)30(27)33-21-35(29)25-16-18-32-19-17-25/h1-15,21,25,31-32H,16-20H2. The summed E-state index contributed by atoms with van der Waals surface area (Å²) in [4.78, 5) is 5.03. The largest absolute Gasteiger partial charge is 0.320 e. The van der Waals surface area contributed by atoms with Gasteiger partial charge in [-0.2, -0.15) is 0 Å². The Morgan fingerprint density at radius 1 is 0.800 bits per heavy atom. The van der Waals surface area contributed by atoms with Crippen LogP contribution in [0.15, 0.2) is 97.3 Å². The predicted octanol–water partition coefficient (Wildman–Crippen LogP) is 5.62. The second-order valence-electron chi connectivity index (χ2n) is 9.21. The van der Waals surface area contributed by atoms with Crippen LogP contribution in [-0.2, 0) is 6.54 Å². The SMILES string of the molecule is N=c1c2c(-c3ccccc3)c(-c3ccccc3)n(Cc3ccccc3)c2ncn1C1CCNCC1. The molecule has 1 saturated heterocycles. The smallest absolute Gasteiger partial charge is 0.146 e. The fourth-order valence-electron chi connectivity index (χ4n) is 5.33. The molecule has 0 unspecified atom stereocenters. The Kier molecular flexibility index (Phi) is 5.76. The molecule has 1 aliphatic heterocycles. The van der Waals surface area contributed by atoms with E-state index in [1.54, 1.807) is 0 Å². The molecule has 3 heterocycles. The Balaban J connectivity index is 1.69. The molecule has 1 aliphatic rings. The molecule has 1 fully saturated rings. The molecule has 0 aliphatic carbocycles. The van der Waals surface area contributed by atoms with Crippen molar-refractivity contribution < 1.29 is 0 Å². The Labute approximate surface area is 205 Å². The molecule has 0 radical (unpaired) electrons. The molecule has 35 heavy (non-hydrogen) atoms. The number of hydrogen-bond acceptors (Lipinski definition) is 3. The molecule has 5 nitrogen and oxygen atoms in total. The summed E-state index contributed by atoms with van der Waals surface area (Å²) in [5, 5.41) is 13.8. The fraction of sp³-hybridized carbons (Fsp3) is 0.200. The van der Waals surface area contributed by atoms with Crippen LogP contribution in [0.2, 0.25) is 0 Å². The minimum atomic E-state index is 0.293. The number of rotatable bonds is 5. The molecule has 0 saturated carbocycles. The van der Waals surface area contributed by atoms with Crippen molar-refractivity contribution in [2.24, 2.45) is 0 Å². The van der Waals surface area contributed by atoms with Crippen molar-refractivity contribution in [1.82, 2.24) is 19.4 Å². The van der Waals surface area contributed by atoms with Gasteiger partial charge in [0, 0.05) is 18.2 Å². The molecule has 0 spiro atoms. The van der Waals surface area contributed by atoms with Gasteiger partial charge in [0.25, 0.3) is 0 Å². The number of nitrogens with zero attached hydrogens (tertiary/aromatic N) is 3. The van der Waals surface area contributed by atoms with Gasteiger partial charge >= 0.3 is 0 Å². The quantitative estimate of drug-likeness (QED) is 0.358. The van der Waals surface area contributed by atoms with Crippen molar-refractivity contribution in [2.45, 2.75) is 25.4 Å². The zero-order chi connectivity index (χ0) is 23.6. The van der Waals surface area contributed by atoms with E-state index in [4.69, 9.17) is 4.98 Å². The molecule has 174 valence electrons. The van der Waals surface area contributed by atoms with Crippen molar-refractivity contribution >= 4 is 11.0 Å². The Hall–Kier alpha value is -3.96. The maximum absolute atomic E-state index is 9.41. The minimum Gasteiger partial charge on any atom is -0.320 e. The first-order valence-electron chi connectivity index (χ1n) is 12.3. The Bertz CT molecular complexity index is 1500. The van der Waals surface area contributed by atoms with Crippen LogP contribution in [0.4, 0.5) is 0 Å². The summed E-state index contributed by atoms with van der Waals surface area (Å²) in [6.07, 6.45) is 3.92. The topological polar surface area (TPSA) is 58.6 Å². The van der Waals surface area contributed by atoms with Gasteiger partial charge < -0.3 is 14.5 Å². The number of piperidine rings is 1. The molecule has 6 rings (SSSR count).